The minimum Gasteiger partial charge on any atom is -0.507 e. The molecule has 0 spiro atoms. The first-order valence-corrected chi connectivity index (χ1v) is 11.7. The van der Waals surface area contributed by atoms with Crippen molar-refractivity contribution in [3.05, 3.63) is 23.8 Å². The van der Waals surface area contributed by atoms with E-state index in [0.717, 1.165) is 17.7 Å². The van der Waals surface area contributed by atoms with Gasteiger partial charge in [-0.1, -0.05) is 6.07 Å². The zero-order chi connectivity index (χ0) is 22.6. The van der Waals surface area contributed by atoms with Crippen LogP contribution >= 0.6 is 0 Å². The van der Waals surface area contributed by atoms with Gasteiger partial charge in [0.05, 0.1) is 0 Å². The molecule has 11 heteroatoms. The van der Waals surface area contributed by atoms with Crippen LogP contribution in [0.25, 0.3) is 0 Å². The zero-order valence-corrected chi connectivity index (χ0v) is 18.3. The maximum atomic E-state index is 12.9. The van der Waals surface area contributed by atoms with E-state index in [0.29, 0.717) is 5.56 Å². The van der Waals surface area contributed by atoms with Gasteiger partial charge in [-0.15, -0.1) is 0 Å². The Hall–Kier alpha value is -2.66. The van der Waals surface area contributed by atoms with Gasteiger partial charge in [0.25, 0.3) is 5.91 Å². The lowest BCUT2D eigenvalue weighted by Crippen LogP contribution is -2.53. The van der Waals surface area contributed by atoms with E-state index in [1.165, 1.54) is 21.3 Å². The molecule has 3 fully saturated rings. The second-order valence-electron chi connectivity index (χ2n) is 8.55. The molecule has 2 aliphatic heterocycles. The fourth-order valence-corrected chi connectivity index (χ4v) is 5.77. The highest BCUT2D eigenvalue weighted by Crippen LogP contribution is 2.42. The van der Waals surface area contributed by atoms with E-state index < -0.39 is 27.5 Å². The summed E-state index contributed by atoms with van der Waals surface area (Å²) in [5.41, 5.74) is -0.239. The molecule has 4 amide bonds. The van der Waals surface area contributed by atoms with Gasteiger partial charge in [-0.25, -0.2) is 13.2 Å². The third-order valence-corrected chi connectivity index (χ3v) is 8.24. The summed E-state index contributed by atoms with van der Waals surface area (Å²) in [6.07, 6.45) is 1.74. The van der Waals surface area contributed by atoms with Crippen molar-refractivity contribution in [1.29, 1.82) is 0 Å². The van der Waals surface area contributed by atoms with E-state index in [9.17, 15) is 27.9 Å². The molecule has 1 aromatic rings. The van der Waals surface area contributed by atoms with Crippen LogP contribution in [0.2, 0.25) is 0 Å². The molecule has 4 rings (SSSR count). The Bertz CT molecular complexity index is 1050. The predicted octanol–water partition coefficient (Wildman–Crippen LogP) is 0.254. The molecule has 0 bridgehead atoms. The smallest absolute Gasteiger partial charge is 0.325 e. The van der Waals surface area contributed by atoms with E-state index in [-0.39, 0.29) is 55.2 Å². The average Bonchev–Trinajstić information content (AvgIpc) is 3.56. The minimum absolute atomic E-state index is 0.0569. The summed E-state index contributed by atoms with van der Waals surface area (Å²) in [6.45, 7) is 3.45. The van der Waals surface area contributed by atoms with Crippen molar-refractivity contribution < 1.29 is 27.9 Å². The minimum atomic E-state index is -3.91. The summed E-state index contributed by atoms with van der Waals surface area (Å²) in [5.74, 6) is -0.999. The van der Waals surface area contributed by atoms with Crippen LogP contribution in [0.4, 0.5) is 4.79 Å². The van der Waals surface area contributed by atoms with Gasteiger partial charge in [0.1, 0.15) is 22.7 Å². The summed E-state index contributed by atoms with van der Waals surface area (Å²) < 4.78 is 27.0. The molecule has 10 nitrogen and oxygen atoms in total. The number of phenolic OH excluding ortho intramolecular Hbond substituents is 1. The maximum Gasteiger partial charge on any atom is 0.325 e. The summed E-state index contributed by atoms with van der Waals surface area (Å²) in [4.78, 5) is 39.9. The van der Waals surface area contributed by atoms with Crippen LogP contribution in [0.5, 0.6) is 5.75 Å². The number of piperazine rings is 1. The Labute approximate surface area is 180 Å². The number of nitrogens with zero attached hydrogens (tertiary/aromatic N) is 3. The van der Waals surface area contributed by atoms with Gasteiger partial charge in [0.2, 0.25) is 15.9 Å². The first-order valence-electron chi connectivity index (χ1n) is 10.3. The van der Waals surface area contributed by atoms with E-state index in [4.69, 9.17) is 0 Å². The second-order valence-corrected chi connectivity index (χ2v) is 10.5. The fourth-order valence-electron chi connectivity index (χ4n) is 4.18. The molecule has 31 heavy (non-hydrogen) atoms. The van der Waals surface area contributed by atoms with Gasteiger partial charge in [-0.3, -0.25) is 14.5 Å². The van der Waals surface area contributed by atoms with Crippen LogP contribution in [0.3, 0.4) is 0 Å². The number of nitrogens with one attached hydrogen (secondary N) is 1. The number of sulfonamides is 1. The Kier molecular flexibility index (Phi) is 5.21. The molecule has 2 saturated heterocycles. The topological polar surface area (TPSA) is 127 Å². The summed E-state index contributed by atoms with van der Waals surface area (Å²) in [5, 5.41) is 12.7. The lowest BCUT2D eigenvalue weighted by molar-refractivity contribution is -0.139. The lowest BCUT2D eigenvalue weighted by atomic mass is 9.96. The maximum absolute atomic E-state index is 12.9. The summed E-state index contributed by atoms with van der Waals surface area (Å²) in [6, 6.07) is 3.81. The largest absolute Gasteiger partial charge is 0.507 e. The average molecular weight is 451 g/mol. The number of benzene rings is 1. The highest BCUT2D eigenvalue weighted by molar-refractivity contribution is 7.89. The molecule has 1 aromatic carbocycles. The van der Waals surface area contributed by atoms with Crippen molar-refractivity contribution in [1.82, 2.24) is 19.4 Å². The van der Waals surface area contributed by atoms with Crippen LogP contribution < -0.4 is 5.32 Å². The van der Waals surface area contributed by atoms with Crippen molar-refractivity contribution >= 4 is 27.9 Å². The number of amides is 4. The van der Waals surface area contributed by atoms with E-state index in [1.807, 2.05) is 0 Å². The fraction of sp³-hybridized carbons (Fsp3) is 0.550. The van der Waals surface area contributed by atoms with Gasteiger partial charge in [-0.05, 0) is 50.3 Å². The number of hydrogen-bond acceptors (Lipinski definition) is 6. The predicted molar refractivity (Wildman–Crippen MR) is 110 cm³/mol. The van der Waals surface area contributed by atoms with Crippen molar-refractivity contribution in [3.8, 4) is 5.75 Å². The number of carbonyl (C=O) groups is 3. The molecule has 1 unspecified atom stereocenters. The van der Waals surface area contributed by atoms with Crippen LogP contribution in [-0.4, -0.2) is 83.7 Å². The van der Waals surface area contributed by atoms with Gasteiger partial charge in [0.15, 0.2) is 0 Å². The number of carbonyl (C=O) groups excluding carboxylic acids is 3. The standard InChI is InChI=1S/C20H26N4O6S/c1-13-3-6-15(25)16(11-13)31(29,30)23-9-7-22(8-10-23)17(26)12-24-18(27)20(2,14-4-5-14)21-19(24)28/h3,6,11,14,25H,4-5,7-10,12H2,1-2H3,(H,21,28). The Morgan fingerprint density at radius 3 is 2.45 bits per heavy atom. The van der Waals surface area contributed by atoms with Crippen molar-refractivity contribution in [2.45, 2.75) is 37.1 Å². The molecule has 1 saturated carbocycles. The van der Waals surface area contributed by atoms with Gasteiger partial charge in [0, 0.05) is 26.2 Å². The first kappa shape index (κ1) is 21.6. The molecule has 0 radical (unpaired) electrons. The number of imide groups is 1. The molecule has 2 N–H and O–H groups in total. The van der Waals surface area contributed by atoms with Crippen LogP contribution in [0, 0.1) is 12.8 Å². The highest BCUT2D eigenvalue weighted by atomic mass is 32.2. The molecule has 0 aromatic heterocycles. The monoisotopic (exact) mass is 450 g/mol. The van der Waals surface area contributed by atoms with Crippen LogP contribution in [0.15, 0.2) is 23.1 Å². The van der Waals surface area contributed by atoms with E-state index in [2.05, 4.69) is 5.32 Å². The van der Waals surface area contributed by atoms with E-state index in [1.54, 1.807) is 19.9 Å². The molecule has 1 aliphatic carbocycles. The first-order chi connectivity index (χ1) is 14.5. The lowest BCUT2D eigenvalue weighted by Gasteiger charge is -2.34. The summed E-state index contributed by atoms with van der Waals surface area (Å²) in [7, 11) is -3.91. The summed E-state index contributed by atoms with van der Waals surface area (Å²) >= 11 is 0. The van der Waals surface area contributed by atoms with Gasteiger partial charge < -0.3 is 15.3 Å². The second kappa shape index (κ2) is 7.49. The van der Waals surface area contributed by atoms with Crippen molar-refractivity contribution in [2.24, 2.45) is 5.92 Å². The molecule has 2 heterocycles. The van der Waals surface area contributed by atoms with Gasteiger partial charge >= 0.3 is 6.03 Å². The third-order valence-electron chi connectivity index (χ3n) is 6.31. The molecule has 168 valence electrons. The number of aryl methyl sites for hydroxylation is 1. The number of hydrogen-bond donors (Lipinski definition) is 2. The Morgan fingerprint density at radius 1 is 1.19 bits per heavy atom. The Balaban J connectivity index is 1.39. The highest BCUT2D eigenvalue weighted by Gasteiger charge is 2.56. The molecular formula is C20H26N4O6S. The SMILES string of the molecule is Cc1ccc(O)c(S(=O)(=O)N2CCN(C(=O)CN3C(=O)NC(C)(C4CC4)C3=O)CC2)c1. The number of aromatic hydroxyl groups is 1. The number of phenols is 1. The van der Waals surface area contributed by atoms with Crippen LogP contribution in [0.1, 0.15) is 25.3 Å². The number of urea groups is 1. The van der Waals surface area contributed by atoms with Crippen molar-refractivity contribution in [3.63, 3.8) is 0 Å². The quantitative estimate of drug-likeness (QED) is 0.620. The molecule has 1 atom stereocenters. The van der Waals surface area contributed by atoms with Crippen molar-refractivity contribution in [2.75, 3.05) is 32.7 Å². The van der Waals surface area contributed by atoms with Gasteiger partial charge in [-0.2, -0.15) is 4.31 Å². The molecular weight excluding hydrogens is 424 g/mol. The number of rotatable bonds is 5. The third kappa shape index (κ3) is 3.76. The normalized spacial score (nSPS) is 25.1. The van der Waals surface area contributed by atoms with Crippen LogP contribution in [-0.2, 0) is 19.6 Å². The Morgan fingerprint density at radius 2 is 1.84 bits per heavy atom. The molecule has 3 aliphatic rings. The zero-order valence-electron chi connectivity index (χ0n) is 17.5. The van der Waals surface area contributed by atoms with E-state index >= 15 is 0 Å².